The van der Waals surface area contributed by atoms with Crippen LogP contribution in [0.5, 0.6) is 5.75 Å². The lowest BCUT2D eigenvalue weighted by atomic mass is 10.1. The Balaban J connectivity index is 1.43. The molecule has 0 saturated heterocycles. The topological polar surface area (TPSA) is 59.9 Å². The van der Waals surface area contributed by atoms with Crippen molar-refractivity contribution in [2.75, 3.05) is 11.9 Å². The summed E-state index contributed by atoms with van der Waals surface area (Å²) in [5.74, 6) is 0.912. The molecule has 0 atom stereocenters. The third-order valence-electron chi connectivity index (χ3n) is 4.23. The average molecular weight is 383 g/mol. The van der Waals surface area contributed by atoms with Crippen molar-refractivity contribution in [1.29, 1.82) is 0 Å². The number of hydrogen-bond acceptors (Lipinski definition) is 6. The second-order valence-corrected chi connectivity index (χ2v) is 7.29. The highest BCUT2D eigenvalue weighted by Gasteiger charge is 2.05. The Morgan fingerprint density at radius 1 is 0.963 bits per heavy atom. The SMILES string of the molecule is CCCCCCCCOc1ccc(Nc2nc(-c3cncnc3)cs2)cc1. The minimum Gasteiger partial charge on any atom is -0.494 e. The van der Waals surface area contributed by atoms with E-state index >= 15 is 0 Å². The Morgan fingerprint density at radius 3 is 2.48 bits per heavy atom. The molecule has 0 radical (unpaired) electrons. The number of aromatic nitrogens is 3. The molecule has 1 N–H and O–H groups in total. The predicted octanol–water partition coefficient (Wildman–Crippen LogP) is 6.08. The van der Waals surface area contributed by atoms with Gasteiger partial charge in [-0.15, -0.1) is 11.3 Å². The molecule has 0 aliphatic rings. The Morgan fingerprint density at radius 2 is 1.70 bits per heavy atom. The minimum atomic E-state index is 0.786. The first-order chi connectivity index (χ1) is 13.3. The highest BCUT2D eigenvalue weighted by atomic mass is 32.1. The molecular formula is C21H26N4OS. The van der Waals surface area contributed by atoms with Gasteiger partial charge in [-0.25, -0.2) is 15.0 Å². The molecule has 3 aromatic rings. The fourth-order valence-electron chi connectivity index (χ4n) is 2.73. The molecular weight excluding hydrogens is 356 g/mol. The number of rotatable bonds is 11. The van der Waals surface area contributed by atoms with E-state index in [4.69, 9.17) is 4.74 Å². The normalized spacial score (nSPS) is 10.7. The lowest BCUT2D eigenvalue weighted by Crippen LogP contribution is -1.97. The Labute approximate surface area is 164 Å². The first-order valence-electron chi connectivity index (χ1n) is 9.56. The van der Waals surface area contributed by atoms with Gasteiger partial charge in [0.2, 0.25) is 0 Å². The van der Waals surface area contributed by atoms with Crippen molar-refractivity contribution in [3.05, 3.63) is 48.4 Å². The van der Waals surface area contributed by atoms with E-state index < -0.39 is 0 Å². The number of nitrogens with one attached hydrogen (secondary N) is 1. The number of anilines is 2. The van der Waals surface area contributed by atoms with Crippen molar-refractivity contribution < 1.29 is 4.74 Å². The van der Waals surface area contributed by atoms with Crippen molar-refractivity contribution in [3.63, 3.8) is 0 Å². The maximum Gasteiger partial charge on any atom is 0.187 e. The molecule has 3 rings (SSSR count). The molecule has 0 bridgehead atoms. The number of nitrogens with zero attached hydrogens (tertiary/aromatic N) is 3. The first kappa shape index (κ1) is 19.3. The van der Waals surface area contributed by atoms with E-state index in [1.54, 1.807) is 23.7 Å². The van der Waals surface area contributed by atoms with Gasteiger partial charge in [-0.3, -0.25) is 0 Å². The van der Waals surface area contributed by atoms with E-state index in [0.29, 0.717) is 0 Å². The standard InChI is InChI=1S/C21H26N4OS/c1-2-3-4-5-6-7-12-26-19-10-8-18(9-11-19)24-21-25-20(15-27-21)17-13-22-16-23-14-17/h8-11,13-16H,2-7,12H2,1H3,(H,24,25). The predicted molar refractivity (Wildman–Crippen MR) is 112 cm³/mol. The summed E-state index contributed by atoms with van der Waals surface area (Å²) in [4.78, 5) is 12.7. The molecule has 6 heteroatoms. The maximum atomic E-state index is 5.83. The third-order valence-corrected chi connectivity index (χ3v) is 4.99. The second kappa shape index (κ2) is 10.6. The van der Waals surface area contributed by atoms with Crippen molar-refractivity contribution in [3.8, 4) is 17.0 Å². The number of benzene rings is 1. The molecule has 142 valence electrons. The second-order valence-electron chi connectivity index (χ2n) is 6.43. The van der Waals surface area contributed by atoms with Crippen LogP contribution in [-0.2, 0) is 0 Å². The molecule has 0 amide bonds. The molecule has 27 heavy (non-hydrogen) atoms. The number of hydrogen-bond donors (Lipinski definition) is 1. The van der Waals surface area contributed by atoms with Gasteiger partial charge >= 0.3 is 0 Å². The monoisotopic (exact) mass is 382 g/mol. The summed E-state index contributed by atoms with van der Waals surface area (Å²) in [5, 5.41) is 6.17. The fourth-order valence-corrected chi connectivity index (χ4v) is 3.47. The van der Waals surface area contributed by atoms with Crippen LogP contribution in [-0.4, -0.2) is 21.6 Å². The van der Waals surface area contributed by atoms with Crippen LogP contribution in [0.15, 0.2) is 48.4 Å². The van der Waals surface area contributed by atoms with Gasteiger partial charge in [0.25, 0.3) is 0 Å². The smallest absolute Gasteiger partial charge is 0.187 e. The number of thiazole rings is 1. The molecule has 0 saturated carbocycles. The molecule has 5 nitrogen and oxygen atoms in total. The zero-order valence-electron chi connectivity index (χ0n) is 15.7. The van der Waals surface area contributed by atoms with Gasteiger partial charge in [-0.05, 0) is 30.7 Å². The van der Waals surface area contributed by atoms with E-state index in [-0.39, 0.29) is 0 Å². The molecule has 0 aliphatic heterocycles. The first-order valence-corrected chi connectivity index (χ1v) is 10.4. The van der Waals surface area contributed by atoms with E-state index in [0.717, 1.165) is 40.9 Å². The van der Waals surface area contributed by atoms with Crippen molar-refractivity contribution >= 4 is 22.2 Å². The van der Waals surface area contributed by atoms with Crippen molar-refractivity contribution in [2.24, 2.45) is 0 Å². The minimum absolute atomic E-state index is 0.786. The summed E-state index contributed by atoms with van der Waals surface area (Å²) >= 11 is 1.56. The van der Waals surface area contributed by atoms with Gasteiger partial charge < -0.3 is 10.1 Å². The van der Waals surface area contributed by atoms with Crippen molar-refractivity contribution in [1.82, 2.24) is 15.0 Å². The largest absolute Gasteiger partial charge is 0.494 e. The Bertz CT molecular complexity index is 789. The van der Waals surface area contributed by atoms with Crippen molar-refractivity contribution in [2.45, 2.75) is 45.4 Å². The summed E-state index contributed by atoms with van der Waals surface area (Å²) in [5.41, 5.74) is 2.79. The van der Waals surface area contributed by atoms with Gasteiger partial charge in [0.1, 0.15) is 12.1 Å². The molecule has 2 heterocycles. The quantitative estimate of drug-likeness (QED) is 0.407. The summed E-state index contributed by atoms with van der Waals surface area (Å²) in [7, 11) is 0. The van der Waals surface area contributed by atoms with Gasteiger partial charge in [0, 0.05) is 29.0 Å². The van der Waals surface area contributed by atoms with Crippen LogP contribution in [0.3, 0.4) is 0 Å². The molecule has 0 aliphatic carbocycles. The Kier molecular flexibility index (Phi) is 7.59. The van der Waals surface area contributed by atoms with E-state index in [1.165, 1.54) is 38.4 Å². The van der Waals surface area contributed by atoms with Crippen LogP contribution in [0.2, 0.25) is 0 Å². The maximum absolute atomic E-state index is 5.83. The van der Waals surface area contributed by atoms with E-state index in [9.17, 15) is 0 Å². The lowest BCUT2D eigenvalue weighted by molar-refractivity contribution is 0.304. The molecule has 1 aromatic carbocycles. The lowest BCUT2D eigenvalue weighted by Gasteiger charge is -2.08. The highest BCUT2D eigenvalue weighted by Crippen LogP contribution is 2.27. The summed E-state index contributed by atoms with van der Waals surface area (Å²) in [6, 6.07) is 8.03. The van der Waals surface area contributed by atoms with Gasteiger partial charge in [-0.2, -0.15) is 0 Å². The van der Waals surface area contributed by atoms with Gasteiger partial charge in [-0.1, -0.05) is 39.0 Å². The van der Waals surface area contributed by atoms with Crippen LogP contribution < -0.4 is 10.1 Å². The summed E-state index contributed by atoms with van der Waals surface area (Å²) in [6.45, 7) is 3.03. The number of ether oxygens (including phenoxy) is 1. The average Bonchev–Trinajstić information content (AvgIpc) is 3.18. The number of unbranched alkanes of at least 4 members (excludes halogenated alkanes) is 5. The molecule has 0 unspecified atom stereocenters. The van der Waals surface area contributed by atoms with Gasteiger partial charge in [0.05, 0.1) is 12.3 Å². The third kappa shape index (κ3) is 6.32. The zero-order valence-corrected chi connectivity index (χ0v) is 16.5. The van der Waals surface area contributed by atoms with Crippen LogP contribution in [0.1, 0.15) is 45.4 Å². The van der Waals surface area contributed by atoms with Gasteiger partial charge in [0.15, 0.2) is 5.13 Å². The molecule has 0 spiro atoms. The molecule has 2 aromatic heterocycles. The van der Waals surface area contributed by atoms with Crippen LogP contribution >= 0.6 is 11.3 Å². The summed E-state index contributed by atoms with van der Waals surface area (Å²) in [6.07, 6.45) is 12.7. The Hall–Kier alpha value is -2.47. The van der Waals surface area contributed by atoms with E-state index in [2.05, 4.69) is 27.2 Å². The van der Waals surface area contributed by atoms with Crippen LogP contribution in [0.4, 0.5) is 10.8 Å². The molecule has 0 fully saturated rings. The van der Waals surface area contributed by atoms with Crippen LogP contribution in [0, 0.1) is 0 Å². The van der Waals surface area contributed by atoms with Crippen LogP contribution in [0.25, 0.3) is 11.3 Å². The summed E-state index contributed by atoms with van der Waals surface area (Å²) < 4.78 is 5.83. The fraction of sp³-hybridized carbons (Fsp3) is 0.381. The van der Waals surface area contributed by atoms with E-state index in [1.807, 2.05) is 29.6 Å². The zero-order chi connectivity index (χ0) is 18.7. The highest BCUT2D eigenvalue weighted by molar-refractivity contribution is 7.14.